The number of nitro benzene ring substituents is 1. The van der Waals surface area contributed by atoms with Gasteiger partial charge >= 0.3 is 0 Å². The van der Waals surface area contributed by atoms with Crippen LogP contribution in [0.1, 0.15) is 21.5 Å². The molecule has 0 bridgehead atoms. The summed E-state index contributed by atoms with van der Waals surface area (Å²) in [5.74, 6) is 0.264. The first kappa shape index (κ1) is 18.7. The van der Waals surface area contributed by atoms with Crippen LogP contribution in [0.4, 0.5) is 5.69 Å². The summed E-state index contributed by atoms with van der Waals surface area (Å²) >= 11 is 5.88. The van der Waals surface area contributed by atoms with Crippen molar-refractivity contribution in [3.63, 3.8) is 0 Å². The molecule has 0 atom stereocenters. The van der Waals surface area contributed by atoms with Crippen molar-refractivity contribution in [1.29, 1.82) is 0 Å². The van der Waals surface area contributed by atoms with E-state index in [-0.39, 0.29) is 22.8 Å². The topological polar surface area (TPSA) is 81.5 Å². The van der Waals surface area contributed by atoms with Crippen LogP contribution >= 0.6 is 11.6 Å². The molecular formula is C20H17ClN2O4. The van der Waals surface area contributed by atoms with Crippen LogP contribution < -0.4 is 10.1 Å². The van der Waals surface area contributed by atoms with E-state index in [2.05, 4.69) is 5.32 Å². The molecule has 7 heteroatoms. The first-order valence-electron chi connectivity index (χ1n) is 8.18. The number of benzene rings is 3. The normalized spacial score (nSPS) is 10.6. The van der Waals surface area contributed by atoms with Gasteiger partial charge in [0.25, 0.3) is 11.6 Å². The largest absolute Gasteiger partial charge is 0.497 e. The predicted molar refractivity (Wildman–Crippen MR) is 105 cm³/mol. The molecule has 1 amide bonds. The van der Waals surface area contributed by atoms with Crippen LogP contribution in [0.25, 0.3) is 10.8 Å². The Bertz CT molecular complexity index is 1050. The molecule has 0 spiro atoms. The van der Waals surface area contributed by atoms with Crippen LogP contribution in [-0.2, 0) is 6.54 Å². The summed E-state index contributed by atoms with van der Waals surface area (Å²) < 4.78 is 5.21. The van der Waals surface area contributed by atoms with Crippen LogP contribution in [0.3, 0.4) is 0 Å². The van der Waals surface area contributed by atoms with Crippen molar-refractivity contribution in [3.05, 3.63) is 80.4 Å². The molecule has 6 nitrogen and oxygen atoms in total. The maximum absolute atomic E-state index is 12.5. The Balaban J connectivity index is 1.82. The number of carbonyl (C=O) groups excluding carboxylic acids is 1. The highest BCUT2D eigenvalue weighted by Crippen LogP contribution is 2.27. The lowest BCUT2D eigenvalue weighted by Crippen LogP contribution is -2.24. The molecule has 0 saturated heterocycles. The molecular weight excluding hydrogens is 368 g/mol. The van der Waals surface area contributed by atoms with Gasteiger partial charge in [0.05, 0.1) is 12.0 Å². The van der Waals surface area contributed by atoms with E-state index in [4.69, 9.17) is 16.3 Å². The fourth-order valence-corrected chi connectivity index (χ4v) is 3.21. The van der Waals surface area contributed by atoms with Crippen LogP contribution in [0.15, 0.2) is 48.5 Å². The van der Waals surface area contributed by atoms with E-state index in [9.17, 15) is 14.9 Å². The van der Waals surface area contributed by atoms with Crippen molar-refractivity contribution in [2.75, 3.05) is 7.11 Å². The Kier molecular flexibility index (Phi) is 5.28. The highest BCUT2D eigenvalue weighted by molar-refractivity contribution is 6.31. The summed E-state index contributed by atoms with van der Waals surface area (Å²) in [6.45, 7) is 1.87. The van der Waals surface area contributed by atoms with Gasteiger partial charge in [0.2, 0.25) is 0 Å². The highest BCUT2D eigenvalue weighted by Gasteiger charge is 2.23. The van der Waals surface area contributed by atoms with Crippen molar-refractivity contribution in [1.82, 2.24) is 5.32 Å². The zero-order chi connectivity index (χ0) is 19.6. The van der Waals surface area contributed by atoms with Gasteiger partial charge in [-0.1, -0.05) is 29.8 Å². The van der Waals surface area contributed by atoms with Gasteiger partial charge in [-0.25, -0.2) is 0 Å². The molecule has 0 aliphatic heterocycles. The number of ether oxygens (including phenoxy) is 1. The number of hydrogen-bond donors (Lipinski definition) is 1. The lowest BCUT2D eigenvalue weighted by molar-refractivity contribution is -0.385. The minimum Gasteiger partial charge on any atom is -0.497 e. The zero-order valence-electron chi connectivity index (χ0n) is 14.8. The van der Waals surface area contributed by atoms with Crippen molar-refractivity contribution in [3.8, 4) is 5.75 Å². The molecule has 3 aromatic rings. The Labute approximate surface area is 160 Å². The monoisotopic (exact) mass is 384 g/mol. The highest BCUT2D eigenvalue weighted by atomic mass is 35.5. The Morgan fingerprint density at radius 3 is 2.56 bits per heavy atom. The summed E-state index contributed by atoms with van der Waals surface area (Å²) in [4.78, 5) is 23.2. The van der Waals surface area contributed by atoms with Crippen LogP contribution in [-0.4, -0.2) is 17.9 Å². The van der Waals surface area contributed by atoms with Gasteiger partial charge in [0, 0.05) is 17.6 Å². The number of fused-ring (bicyclic) bond motifs is 1. The van der Waals surface area contributed by atoms with Gasteiger partial charge in [0.1, 0.15) is 11.3 Å². The summed E-state index contributed by atoms with van der Waals surface area (Å²) in [6, 6.07) is 14.2. The molecule has 1 N–H and O–H groups in total. The number of aryl methyl sites for hydroxylation is 1. The first-order chi connectivity index (χ1) is 12.9. The standard InChI is InChI=1S/C20H17ClN2O4/c1-12-7-16(21)10-18(23(25)26)19(12)20(24)22-11-13-3-4-15-9-17(27-2)6-5-14(15)8-13/h3-10H,11H2,1-2H3,(H,22,24). The summed E-state index contributed by atoms with van der Waals surface area (Å²) in [6.07, 6.45) is 0. The Morgan fingerprint density at radius 2 is 1.85 bits per heavy atom. The molecule has 0 fully saturated rings. The fourth-order valence-electron chi connectivity index (χ4n) is 2.95. The number of rotatable bonds is 5. The van der Waals surface area contributed by atoms with E-state index in [0.717, 1.165) is 22.1 Å². The zero-order valence-corrected chi connectivity index (χ0v) is 15.5. The Hall–Kier alpha value is -3.12. The minimum atomic E-state index is -0.600. The predicted octanol–water partition coefficient (Wildman–Crippen LogP) is 4.65. The Morgan fingerprint density at radius 1 is 1.15 bits per heavy atom. The van der Waals surface area contributed by atoms with Crippen molar-refractivity contribution < 1.29 is 14.5 Å². The second-order valence-corrected chi connectivity index (χ2v) is 6.54. The average molecular weight is 385 g/mol. The molecule has 138 valence electrons. The third kappa shape index (κ3) is 4.01. The van der Waals surface area contributed by atoms with Gasteiger partial charge in [-0.05, 0) is 53.1 Å². The van der Waals surface area contributed by atoms with E-state index in [1.54, 1.807) is 14.0 Å². The third-order valence-corrected chi connectivity index (χ3v) is 4.49. The van der Waals surface area contributed by atoms with Crippen molar-refractivity contribution in [2.24, 2.45) is 0 Å². The number of hydrogen-bond acceptors (Lipinski definition) is 4. The van der Waals surface area contributed by atoms with Gasteiger partial charge in [-0.2, -0.15) is 0 Å². The molecule has 0 radical (unpaired) electrons. The third-order valence-electron chi connectivity index (χ3n) is 4.27. The van der Waals surface area contributed by atoms with Gasteiger partial charge < -0.3 is 10.1 Å². The van der Waals surface area contributed by atoms with Crippen LogP contribution in [0.2, 0.25) is 5.02 Å². The van der Waals surface area contributed by atoms with Gasteiger partial charge in [0.15, 0.2) is 0 Å². The molecule has 0 aromatic heterocycles. The number of carbonyl (C=O) groups is 1. The second-order valence-electron chi connectivity index (χ2n) is 6.10. The minimum absolute atomic E-state index is 0.0231. The van der Waals surface area contributed by atoms with Crippen LogP contribution in [0.5, 0.6) is 5.75 Å². The molecule has 3 rings (SSSR count). The number of amides is 1. The number of nitro groups is 1. The second kappa shape index (κ2) is 7.63. The summed E-state index contributed by atoms with van der Waals surface area (Å²) in [5, 5.41) is 16.3. The van der Waals surface area contributed by atoms with E-state index in [1.165, 1.54) is 12.1 Å². The van der Waals surface area contributed by atoms with Crippen molar-refractivity contribution in [2.45, 2.75) is 13.5 Å². The van der Waals surface area contributed by atoms with E-state index >= 15 is 0 Å². The van der Waals surface area contributed by atoms with Gasteiger partial charge in [-0.15, -0.1) is 0 Å². The summed E-state index contributed by atoms with van der Waals surface area (Å²) in [7, 11) is 1.61. The number of nitrogens with one attached hydrogen (secondary N) is 1. The molecule has 3 aromatic carbocycles. The smallest absolute Gasteiger partial charge is 0.283 e. The number of halogens is 1. The van der Waals surface area contributed by atoms with Gasteiger partial charge in [-0.3, -0.25) is 14.9 Å². The maximum atomic E-state index is 12.5. The fraction of sp³-hybridized carbons (Fsp3) is 0.150. The van der Waals surface area contributed by atoms with Crippen molar-refractivity contribution >= 4 is 34.0 Å². The molecule has 0 saturated carbocycles. The average Bonchev–Trinajstić information content (AvgIpc) is 2.64. The van der Waals surface area contributed by atoms with E-state index in [1.807, 2.05) is 36.4 Å². The molecule has 0 aliphatic carbocycles. The molecule has 0 heterocycles. The van der Waals surface area contributed by atoms with Crippen LogP contribution in [0, 0.1) is 17.0 Å². The first-order valence-corrected chi connectivity index (χ1v) is 8.56. The lowest BCUT2D eigenvalue weighted by atomic mass is 10.0. The molecule has 0 aliphatic rings. The number of methoxy groups -OCH3 is 1. The molecule has 27 heavy (non-hydrogen) atoms. The molecule has 0 unspecified atom stereocenters. The number of nitrogens with zero attached hydrogens (tertiary/aromatic N) is 1. The SMILES string of the molecule is COc1ccc2cc(CNC(=O)c3c(C)cc(Cl)cc3[N+](=O)[O-])ccc2c1. The summed E-state index contributed by atoms with van der Waals surface area (Å²) in [5.41, 5.74) is 1.06. The van der Waals surface area contributed by atoms with E-state index < -0.39 is 10.8 Å². The quantitative estimate of drug-likeness (QED) is 0.512. The maximum Gasteiger partial charge on any atom is 0.283 e. The lowest BCUT2D eigenvalue weighted by Gasteiger charge is -2.10. The van der Waals surface area contributed by atoms with E-state index in [0.29, 0.717) is 5.56 Å².